The molecule has 21 heavy (non-hydrogen) atoms. The SMILES string of the molecule is Cc1sc(NC(=O)OCc2ccc([N+](=O)[O-])cc2)nc1S. The molecule has 0 saturated carbocycles. The topological polar surface area (TPSA) is 94.4 Å². The number of nitrogens with one attached hydrogen (secondary N) is 1. The quantitative estimate of drug-likeness (QED) is 0.510. The summed E-state index contributed by atoms with van der Waals surface area (Å²) in [5, 5.41) is 14.0. The molecule has 0 radical (unpaired) electrons. The van der Waals surface area contributed by atoms with Crippen molar-refractivity contribution < 1.29 is 14.5 Å². The Bertz CT molecular complexity index is 650. The summed E-state index contributed by atoms with van der Waals surface area (Å²) in [6.07, 6.45) is -0.643. The van der Waals surface area contributed by atoms with Gasteiger partial charge in [0, 0.05) is 17.0 Å². The van der Waals surface area contributed by atoms with Crippen LogP contribution in [0.3, 0.4) is 0 Å². The second-order valence-electron chi connectivity index (χ2n) is 4.02. The van der Waals surface area contributed by atoms with Gasteiger partial charge in [-0.05, 0) is 24.6 Å². The van der Waals surface area contributed by atoms with Gasteiger partial charge >= 0.3 is 6.09 Å². The minimum atomic E-state index is -0.643. The van der Waals surface area contributed by atoms with Gasteiger partial charge in [0.25, 0.3) is 5.69 Å². The first-order chi connectivity index (χ1) is 9.95. The standard InChI is InChI=1S/C12H11N3O4S2/c1-7-10(20)13-11(21-7)14-12(16)19-6-8-2-4-9(5-3-8)15(17)18/h2-5,20H,6H2,1H3,(H,13,14,16). The number of rotatable bonds is 4. The van der Waals surface area contributed by atoms with Gasteiger partial charge in [0.05, 0.1) is 4.92 Å². The lowest BCUT2D eigenvalue weighted by molar-refractivity contribution is -0.384. The fourth-order valence-corrected chi connectivity index (χ4v) is 2.43. The number of hydrogen-bond acceptors (Lipinski definition) is 7. The van der Waals surface area contributed by atoms with E-state index in [9.17, 15) is 14.9 Å². The Morgan fingerprint density at radius 1 is 1.48 bits per heavy atom. The van der Waals surface area contributed by atoms with Gasteiger partial charge in [-0.2, -0.15) is 0 Å². The van der Waals surface area contributed by atoms with E-state index in [-0.39, 0.29) is 12.3 Å². The van der Waals surface area contributed by atoms with E-state index in [2.05, 4.69) is 22.9 Å². The molecule has 7 nitrogen and oxygen atoms in total. The van der Waals surface area contributed by atoms with Gasteiger partial charge in [0.15, 0.2) is 5.13 Å². The first-order valence-electron chi connectivity index (χ1n) is 5.79. The van der Waals surface area contributed by atoms with Gasteiger partial charge in [-0.15, -0.1) is 24.0 Å². The third kappa shape index (κ3) is 4.17. The van der Waals surface area contributed by atoms with Crippen LogP contribution in [0.2, 0.25) is 0 Å². The summed E-state index contributed by atoms with van der Waals surface area (Å²) in [5.74, 6) is 0. The molecule has 0 bridgehead atoms. The summed E-state index contributed by atoms with van der Waals surface area (Å²) in [6.45, 7) is 1.86. The number of carbonyl (C=O) groups is 1. The van der Waals surface area contributed by atoms with E-state index < -0.39 is 11.0 Å². The number of thiazole rings is 1. The molecule has 2 aromatic rings. The van der Waals surface area contributed by atoms with E-state index in [1.807, 2.05) is 6.92 Å². The van der Waals surface area contributed by atoms with Crippen LogP contribution in [0.25, 0.3) is 0 Å². The van der Waals surface area contributed by atoms with Crippen molar-refractivity contribution in [2.75, 3.05) is 5.32 Å². The average molecular weight is 325 g/mol. The fourth-order valence-electron chi connectivity index (χ4n) is 1.43. The molecule has 0 aliphatic heterocycles. The Balaban J connectivity index is 1.87. The van der Waals surface area contributed by atoms with Crippen LogP contribution in [0.4, 0.5) is 15.6 Å². The Morgan fingerprint density at radius 2 is 2.14 bits per heavy atom. The molecule has 9 heteroatoms. The minimum Gasteiger partial charge on any atom is -0.444 e. The van der Waals surface area contributed by atoms with Crippen LogP contribution in [0.15, 0.2) is 29.3 Å². The molecule has 1 heterocycles. The number of aryl methyl sites for hydroxylation is 1. The summed E-state index contributed by atoms with van der Waals surface area (Å²) in [6, 6.07) is 5.78. The van der Waals surface area contributed by atoms with Crippen LogP contribution in [0.5, 0.6) is 0 Å². The number of nitro benzene ring substituents is 1. The van der Waals surface area contributed by atoms with Crippen LogP contribution in [-0.2, 0) is 11.3 Å². The first kappa shape index (κ1) is 15.3. The lowest BCUT2D eigenvalue weighted by Crippen LogP contribution is -2.13. The van der Waals surface area contributed by atoms with Gasteiger partial charge in [0.2, 0.25) is 0 Å². The molecule has 0 aliphatic carbocycles. The van der Waals surface area contributed by atoms with E-state index in [0.717, 1.165) is 4.88 Å². The number of benzene rings is 1. The molecule has 0 spiro atoms. The number of non-ortho nitro benzene ring substituents is 1. The number of aromatic nitrogens is 1. The summed E-state index contributed by atoms with van der Waals surface area (Å²) in [7, 11) is 0. The number of hydrogen-bond donors (Lipinski definition) is 2. The molecule has 1 aromatic heterocycles. The maximum absolute atomic E-state index is 11.6. The number of carbonyl (C=O) groups excluding carboxylic acids is 1. The monoisotopic (exact) mass is 325 g/mol. The smallest absolute Gasteiger partial charge is 0.413 e. The summed E-state index contributed by atoms with van der Waals surface area (Å²) in [4.78, 5) is 26.5. The van der Waals surface area contributed by atoms with Crippen molar-refractivity contribution in [1.82, 2.24) is 4.98 Å². The van der Waals surface area contributed by atoms with Gasteiger partial charge in [0.1, 0.15) is 11.6 Å². The van der Waals surface area contributed by atoms with E-state index in [0.29, 0.717) is 15.7 Å². The molecule has 0 saturated heterocycles. The van der Waals surface area contributed by atoms with E-state index in [1.54, 1.807) is 0 Å². The third-order valence-corrected chi connectivity index (χ3v) is 3.97. The summed E-state index contributed by atoms with van der Waals surface area (Å²) < 4.78 is 5.00. The number of nitro groups is 1. The zero-order chi connectivity index (χ0) is 15.4. The fraction of sp³-hybridized carbons (Fsp3) is 0.167. The van der Waals surface area contributed by atoms with Crippen LogP contribution in [-0.4, -0.2) is 16.0 Å². The average Bonchev–Trinajstić information content (AvgIpc) is 2.75. The van der Waals surface area contributed by atoms with Gasteiger partial charge < -0.3 is 4.74 Å². The summed E-state index contributed by atoms with van der Waals surface area (Å²) >= 11 is 5.42. The molecule has 2 rings (SSSR count). The van der Waals surface area contributed by atoms with Crippen molar-refractivity contribution >= 4 is 40.9 Å². The second kappa shape index (κ2) is 6.55. The third-order valence-electron chi connectivity index (χ3n) is 2.50. The van der Waals surface area contributed by atoms with E-state index >= 15 is 0 Å². The van der Waals surface area contributed by atoms with Crippen LogP contribution in [0.1, 0.15) is 10.4 Å². The van der Waals surface area contributed by atoms with Gasteiger partial charge in [-0.3, -0.25) is 15.4 Å². The lowest BCUT2D eigenvalue weighted by Gasteiger charge is -2.04. The Morgan fingerprint density at radius 3 is 2.67 bits per heavy atom. The van der Waals surface area contributed by atoms with Gasteiger partial charge in [-0.1, -0.05) is 0 Å². The molecule has 1 N–H and O–H groups in total. The first-order valence-corrected chi connectivity index (χ1v) is 7.05. The molecule has 0 atom stereocenters. The van der Waals surface area contributed by atoms with Crippen LogP contribution < -0.4 is 5.32 Å². The maximum atomic E-state index is 11.6. The normalized spacial score (nSPS) is 10.2. The zero-order valence-electron chi connectivity index (χ0n) is 10.9. The summed E-state index contributed by atoms with van der Waals surface area (Å²) in [5.41, 5.74) is 0.642. The van der Waals surface area contributed by atoms with Crippen molar-refractivity contribution in [2.24, 2.45) is 0 Å². The van der Waals surface area contributed by atoms with E-state index in [1.165, 1.54) is 35.6 Å². The maximum Gasteiger partial charge on any atom is 0.413 e. The molecular formula is C12H11N3O4S2. The highest BCUT2D eigenvalue weighted by Crippen LogP contribution is 2.24. The number of ether oxygens (including phenoxy) is 1. The van der Waals surface area contributed by atoms with Crippen molar-refractivity contribution in [3.8, 4) is 0 Å². The van der Waals surface area contributed by atoms with E-state index in [4.69, 9.17) is 4.74 Å². The number of amides is 1. The van der Waals surface area contributed by atoms with Crippen LogP contribution in [0, 0.1) is 17.0 Å². The molecule has 0 aliphatic rings. The minimum absolute atomic E-state index is 0.0113. The molecule has 0 unspecified atom stereocenters. The zero-order valence-corrected chi connectivity index (χ0v) is 12.6. The Kier molecular flexibility index (Phi) is 4.76. The number of nitrogens with zero attached hydrogens (tertiary/aromatic N) is 2. The number of anilines is 1. The Labute approximate surface area is 129 Å². The van der Waals surface area contributed by atoms with Crippen molar-refractivity contribution in [1.29, 1.82) is 0 Å². The number of thiol groups is 1. The highest BCUT2D eigenvalue weighted by atomic mass is 32.1. The lowest BCUT2D eigenvalue weighted by atomic mass is 10.2. The second-order valence-corrected chi connectivity index (χ2v) is 5.65. The Hall–Kier alpha value is -2.13. The molecule has 0 fully saturated rings. The predicted octanol–water partition coefficient (Wildman–Crippen LogP) is 3.40. The highest BCUT2D eigenvalue weighted by Gasteiger charge is 2.10. The van der Waals surface area contributed by atoms with Crippen molar-refractivity contribution in [2.45, 2.75) is 18.6 Å². The molecule has 1 aromatic carbocycles. The molecule has 110 valence electrons. The highest BCUT2D eigenvalue weighted by molar-refractivity contribution is 7.80. The largest absolute Gasteiger partial charge is 0.444 e. The molecule has 1 amide bonds. The van der Waals surface area contributed by atoms with Crippen molar-refractivity contribution in [3.05, 3.63) is 44.8 Å². The van der Waals surface area contributed by atoms with Crippen LogP contribution >= 0.6 is 24.0 Å². The van der Waals surface area contributed by atoms with Gasteiger partial charge in [-0.25, -0.2) is 9.78 Å². The van der Waals surface area contributed by atoms with Crippen molar-refractivity contribution in [3.63, 3.8) is 0 Å². The molecular weight excluding hydrogens is 314 g/mol. The predicted molar refractivity (Wildman–Crippen MR) is 81.0 cm³/mol.